The highest BCUT2D eigenvalue weighted by Gasteiger charge is 2.58. The Balaban J connectivity index is 1.69. The van der Waals surface area contributed by atoms with Crippen molar-refractivity contribution in [2.45, 2.75) is 44.3 Å². The second kappa shape index (κ2) is 5.32. The van der Waals surface area contributed by atoms with Gasteiger partial charge in [0.2, 0.25) is 0 Å². The monoisotopic (exact) mass is 316 g/mol. The lowest BCUT2D eigenvalue weighted by Crippen LogP contribution is -2.54. The van der Waals surface area contributed by atoms with E-state index in [0.29, 0.717) is 0 Å². The molecule has 4 rings (SSSR count). The first-order valence-electron chi connectivity index (χ1n) is 8.56. The molecule has 1 aromatic carbocycles. The van der Waals surface area contributed by atoms with Crippen LogP contribution < -0.4 is 4.74 Å². The van der Waals surface area contributed by atoms with Crippen LogP contribution in [0.25, 0.3) is 0 Å². The number of rotatable bonds is 2. The molecule has 0 spiro atoms. The van der Waals surface area contributed by atoms with Gasteiger partial charge in [-0.3, -0.25) is 4.79 Å². The van der Waals surface area contributed by atoms with E-state index < -0.39 is 5.60 Å². The van der Waals surface area contributed by atoms with Crippen molar-refractivity contribution in [1.82, 2.24) is 0 Å². The van der Waals surface area contributed by atoms with Gasteiger partial charge in [0.1, 0.15) is 17.1 Å². The Kier molecular flexibility index (Phi) is 3.50. The van der Waals surface area contributed by atoms with Gasteiger partial charge in [-0.05, 0) is 67.7 Å². The number of ether oxygens (including phenoxy) is 2. The van der Waals surface area contributed by atoms with Crippen LogP contribution in [0.4, 0.5) is 0 Å². The molecule has 0 aromatic heterocycles. The first-order valence-corrected chi connectivity index (χ1v) is 8.56. The fraction of sp³-hybridized carbons (Fsp3) is 0.632. The van der Waals surface area contributed by atoms with Crippen molar-refractivity contribution in [3.8, 4) is 5.75 Å². The molecule has 5 atom stereocenters. The van der Waals surface area contributed by atoms with Gasteiger partial charge in [0.05, 0.1) is 19.8 Å². The number of aryl methyl sites for hydroxylation is 1. The molecule has 1 saturated heterocycles. The number of fused-ring (bicyclic) bond motifs is 5. The summed E-state index contributed by atoms with van der Waals surface area (Å²) < 4.78 is 11.5. The van der Waals surface area contributed by atoms with Crippen molar-refractivity contribution >= 4 is 5.78 Å². The van der Waals surface area contributed by atoms with E-state index in [2.05, 4.69) is 12.1 Å². The number of carbonyl (C=O) groups is 1. The maximum atomic E-state index is 11.9. The Hall–Kier alpha value is -1.39. The maximum absolute atomic E-state index is 11.9. The fourth-order valence-corrected chi connectivity index (χ4v) is 5.20. The molecular formula is C19H24O4. The number of ketones is 1. The summed E-state index contributed by atoms with van der Waals surface area (Å²) in [4.78, 5) is 11.9. The minimum absolute atomic E-state index is 0.0184. The molecular weight excluding hydrogens is 292 g/mol. The average Bonchev–Trinajstić information content (AvgIpc) is 2.91. The first-order chi connectivity index (χ1) is 11.0. The van der Waals surface area contributed by atoms with Gasteiger partial charge in [0.25, 0.3) is 0 Å². The number of methoxy groups -OCH3 is 1. The summed E-state index contributed by atoms with van der Waals surface area (Å²) in [5.41, 5.74) is 1.55. The summed E-state index contributed by atoms with van der Waals surface area (Å²) in [5, 5.41) is 11.2. The van der Waals surface area contributed by atoms with Crippen molar-refractivity contribution in [3.63, 3.8) is 0 Å². The van der Waals surface area contributed by atoms with Crippen LogP contribution in [0.2, 0.25) is 0 Å². The van der Waals surface area contributed by atoms with Crippen molar-refractivity contribution < 1.29 is 19.4 Å². The third-order valence-corrected chi connectivity index (χ3v) is 6.31. The highest BCUT2D eigenvalue weighted by Crippen LogP contribution is 2.56. The van der Waals surface area contributed by atoms with Crippen molar-refractivity contribution in [3.05, 3.63) is 29.3 Å². The summed E-state index contributed by atoms with van der Waals surface area (Å²) in [5.74, 6) is 1.13. The number of benzene rings is 1. The molecule has 1 saturated carbocycles. The highest BCUT2D eigenvalue weighted by molar-refractivity contribution is 5.80. The quantitative estimate of drug-likeness (QED) is 0.911. The lowest BCUT2D eigenvalue weighted by Gasteiger charge is -2.49. The normalized spacial score (nSPS) is 38.4. The molecule has 4 heteroatoms. The summed E-state index contributed by atoms with van der Waals surface area (Å²) in [7, 11) is 1.68. The van der Waals surface area contributed by atoms with Gasteiger partial charge in [-0.1, -0.05) is 6.07 Å². The van der Waals surface area contributed by atoms with Gasteiger partial charge in [-0.15, -0.1) is 0 Å². The molecule has 124 valence electrons. The number of Topliss-reactive ketones (excluding diaryl/α,β-unsaturated/α-hetero) is 1. The number of hydrogen-bond donors (Lipinski definition) is 1. The molecule has 0 bridgehead atoms. The molecule has 23 heavy (non-hydrogen) atoms. The summed E-state index contributed by atoms with van der Waals surface area (Å²) >= 11 is 0. The Bertz CT molecular complexity index is 640. The number of hydrogen-bond acceptors (Lipinski definition) is 4. The fourth-order valence-electron chi connectivity index (χ4n) is 5.20. The smallest absolute Gasteiger partial charge is 0.135 e. The Morgan fingerprint density at radius 2 is 2.17 bits per heavy atom. The minimum atomic E-state index is -0.969. The zero-order valence-electron chi connectivity index (χ0n) is 13.7. The van der Waals surface area contributed by atoms with E-state index in [1.807, 2.05) is 6.07 Å². The number of aliphatic hydroxyl groups is 1. The lowest BCUT2D eigenvalue weighted by molar-refractivity contribution is -0.196. The maximum Gasteiger partial charge on any atom is 0.135 e. The summed E-state index contributed by atoms with van der Waals surface area (Å²) in [6, 6.07) is 6.20. The molecule has 1 aromatic rings. The van der Waals surface area contributed by atoms with Crippen LogP contribution in [0.5, 0.6) is 5.75 Å². The standard InChI is InChI=1S/C19H24O4/c1-11(20)16-7-8-17-14-6-4-12-3-5-13(22-2)9-15(12)18(14)23-10-19(16,17)21/h3,5,9,14,16-18,21H,4,6-8,10H2,1-2H3/t14-,16-,17-,18-,19-/m0/s1. The van der Waals surface area contributed by atoms with E-state index in [0.717, 1.165) is 31.4 Å². The van der Waals surface area contributed by atoms with Crippen molar-refractivity contribution in [2.24, 2.45) is 17.8 Å². The Labute approximate surface area is 136 Å². The van der Waals surface area contributed by atoms with Gasteiger partial charge in [-0.2, -0.15) is 0 Å². The van der Waals surface area contributed by atoms with Crippen LogP contribution in [0.1, 0.15) is 43.4 Å². The summed E-state index contributed by atoms with van der Waals surface area (Å²) in [6.45, 7) is 1.86. The SMILES string of the molecule is COc1ccc2c(c1)[C@H]1OC[C@]3(O)[C@H](C(C)=O)CC[C@H]3[C@@H]1CC2. The van der Waals surface area contributed by atoms with Gasteiger partial charge in [-0.25, -0.2) is 0 Å². The lowest BCUT2D eigenvalue weighted by atomic mass is 9.66. The van der Waals surface area contributed by atoms with Gasteiger partial charge >= 0.3 is 0 Å². The van der Waals surface area contributed by atoms with Crippen LogP contribution in [0, 0.1) is 17.8 Å². The van der Waals surface area contributed by atoms with Crippen LogP contribution in [0.15, 0.2) is 18.2 Å². The molecule has 0 unspecified atom stereocenters. The van der Waals surface area contributed by atoms with Crippen LogP contribution in [0.3, 0.4) is 0 Å². The number of carbonyl (C=O) groups excluding carboxylic acids is 1. The predicted molar refractivity (Wildman–Crippen MR) is 85.3 cm³/mol. The molecule has 0 amide bonds. The minimum Gasteiger partial charge on any atom is -0.497 e. The van der Waals surface area contributed by atoms with E-state index in [1.165, 1.54) is 11.1 Å². The van der Waals surface area contributed by atoms with Crippen LogP contribution in [-0.2, 0) is 16.0 Å². The van der Waals surface area contributed by atoms with Crippen molar-refractivity contribution in [1.29, 1.82) is 0 Å². The summed E-state index contributed by atoms with van der Waals surface area (Å²) in [6.07, 6.45) is 3.74. The first kappa shape index (κ1) is 15.2. The molecule has 1 heterocycles. The second-order valence-electron chi connectivity index (χ2n) is 7.34. The molecule has 1 aliphatic heterocycles. The molecule has 0 radical (unpaired) electrons. The molecule has 1 N–H and O–H groups in total. The second-order valence-corrected chi connectivity index (χ2v) is 7.34. The highest BCUT2D eigenvalue weighted by atomic mass is 16.5. The van der Waals surface area contributed by atoms with Crippen LogP contribution >= 0.6 is 0 Å². The molecule has 4 nitrogen and oxygen atoms in total. The average molecular weight is 316 g/mol. The topological polar surface area (TPSA) is 55.8 Å². The molecule has 2 fully saturated rings. The van der Waals surface area contributed by atoms with E-state index in [1.54, 1.807) is 14.0 Å². The van der Waals surface area contributed by atoms with Gasteiger partial charge < -0.3 is 14.6 Å². The van der Waals surface area contributed by atoms with Gasteiger partial charge in [0.15, 0.2) is 0 Å². The van der Waals surface area contributed by atoms with E-state index in [9.17, 15) is 9.90 Å². The predicted octanol–water partition coefficient (Wildman–Crippen LogP) is 2.68. The third kappa shape index (κ3) is 2.15. The zero-order chi connectivity index (χ0) is 16.2. The third-order valence-electron chi connectivity index (χ3n) is 6.31. The Morgan fingerprint density at radius 1 is 1.35 bits per heavy atom. The molecule has 2 aliphatic carbocycles. The van der Waals surface area contributed by atoms with Crippen molar-refractivity contribution in [2.75, 3.05) is 13.7 Å². The Morgan fingerprint density at radius 3 is 2.91 bits per heavy atom. The zero-order valence-corrected chi connectivity index (χ0v) is 13.7. The van der Waals surface area contributed by atoms with E-state index in [-0.39, 0.29) is 36.2 Å². The van der Waals surface area contributed by atoms with Crippen LogP contribution in [-0.4, -0.2) is 30.2 Å². The largest absolute Gasteiger partial charge is 0.497 e. The van der Waals surface area contributed by atoms with E-state index >= 15 is 0 Å². The van der Waals surface area contributed by atoms with E-state index in [4.69, 9.17) is 9.47 Å². The molecule has 3 aliphatic rings. The van der Waals surface area contributed by atoms with Gasteiger partial charge in [0, 0.05) is 5.92 Å².